The summed E-state index contributed by atoms with van der Waals surface area (Å²) in [5, 5.41) is 3.86. The van der Waals surface area contributed by atoms with E-state index in [-0.39, 0.29) is 11.0 Å². The molecule has 0 saturated carbocycles. The fourth-order valence-corrected chi connectivity index (χ4v) is 3.38. The zero-order valence-corrected chi connectivity index (χ0v) is 14.7. The molecule has 7 heteroatoms. The maximum absolute atomic E-state index is 12.0. The first-order valence-electron chi connectivity index (χ1n) is 8.26. The van der Waals surface area contributed by atoms with Crippen LogP contribution in [0.1, 0.15) is 11.1 Å². The summed E-state index contributed by atoms with van der Waals surface area (Å²) in [6, 6.07) is 8.31. The number of nitrogens with zero attached hydrogens (tertiary/aromatic N) is 3. The Kier molecular flexibility index (Phi) is 4.19. The average molecular weight is 354 g/mol. The molecule has 0 radical (unpaired) electrons. The van der Waals surface area contributed by atoms with Crippen LogP contribution in [0.2, 0.25) is 0 Å². The van der Waals surface area contributed by atoms with Crippen LogP contribution in [0.15, 0.2) is 29.3 Å². The van der Waals surface area contributed by atoms with Crippen molar-refractivity contribution in [1.29, 1.82) is 0 Å². The van der Waals surface area contributed by atoms with Gasteiger partial charge in [0.2, 0.25) is 0 Å². The van der Waals surface area contributed by atoms with Crippen molar-refractivity contribution in [3.63, 3.8) is 0 Å². The molecule has 0 aliphatic carbocycles. The Morgan fingerprint density at radius 1 is 1.28 bits per heavy atom. The van der Waals surface area contributed by atoms with E-state index >= 15 is 0 Å². The zero-order chi connectivity index (χ0) is 17.4. The van der Waals surface area contributed by atoms with Gasteiger partial charge in [0.25, 0.3) is 5.91 Å². The van der Waals surface area contributed by atoms with Crippen molar-refractivity contribution in [1.82, 2.24) is 10.3 Å². The minimum Gasteiger partial charge on any atom is -0.378 e. The van der Waals surface area contributed by atoms with Gasteiger partial charge >= 0.3 is 0 Å². The lowest BCUT2D eigenvalue weighted by Crippen LogP contribution is -2.37. The van der Waals surface area contributed by atoms with Crippen LogP contribution >= 0.6 is 12.2 Å². The number of nitrogens with one attached hydrogen (secondary N) is 1. The summed E-state index contributed by atoms with van der Waals surface area (Å²) in [5.41, 5.74) is 3.55. The van der Waals surface area contributed by atoms with Crippen molar-refractivity contribution in [2.75, 3.05) is 31.2 Å². The number of amides is 1. The van der Waals surface area contributed by atoms with Gasteiger partial charge in [0, 0.05) is 30.5 Å². The molecule has 2 aromatic rings. The van der Waals surface area contributed by atoms with E-state index in [0.717, 1.165) is 35.4 Å². The van der Waals surface area contributed by atoms with Crippen LogP contribution in [0.25, 0.3) is 10.9 Å². The standard InChI is InChI=1S/C18H18N4O2S/c1-11-2-3-14-12(8-11)9-13(10-15-17(23)21-18(25)20-15)16(19-14)22-4-6-24-7-5-22/h2-3,8-9H,4-7,10H2,1H3,(H,21,23,25). The summed E-state index contributed by atoms with van der Waals surface area (Å²) in [7, 11) is 0. The molecule has 2 aliphatic rings. The molecule has 0 bridgehead atoms. The number of carbonyl (C=O) groups excluding carboxylic acids is 1. The highest BCUT2D eigenvalue weighted by Gasteiger charge is 2.24. The lowest BCUT2D eigenvalue weighted by molar-refractivity contribution is -0.113. The molecule has 6 nitrogen and oxygen atoms in total. The normalized spacial score (nSPS) is 17.8. The maximum atomic E-state index is 12.0. The van der Waals surface area contributed by atoms with E-state index < -0.39 is 0 Å². The molecule has 128 valence electrons. The van der Waals surface area contributed by atoms with Gasteiger partial charge in [-0.25, -0.2) is 9.98 Å². The van der Waals surface area contributed by atoms with Crippen LogP contribution in [-0.4, -0.2) is 48.0 Å². The van der Waals surface area contributed by atoms with Crippen LogP contribution in [0.4, 0.5) is 5.82 Å². The monoisotopic (exact) mass is 354 g/mol. The predicted octanol–water partition coefficient (Wildman–Crippen LogP) is 1.78. The molecule has 4 rings (SSSR count). The van der Waals surface area contributed by atoms with Crippen LogP contribution in [-0.2, 0) is 16.0 Å². The lowest BCUT2D eigenvalue weighted by atomic mass is 10.0. The highest BCUT2D eigenvalue weighted by molar-refractivity contribution is 7.80. The molecule has 25 heavy (non-hydrogen) atoms. The van der Waals surface area contributed by atoms with Gasteiger partial charge in [-0.3, -0.25) is 10.1 Å². The first-order valence-corrected chi connectivity index (χ1v) is 8.67. The average Bonchev–Trinajstić information content (AvgIpc) is 2.92. The Balaban J connectivity index is 1.79. The zero-order valence-electron chi connectivity index (χ0n) is 13.9. The van der Waals surface area contributed by atoms with Crippen LogP contribution in [0, 0.1) is 6.92 Å². The van der Waals surface area contributed by atoms with Gasteiger partial charge in [-0.1, -0.05) is 11.6 Å². The number of fused-ring (bicyclic) bond motifs is 1. The topological polar surface area (TPSA) is 66.8 Å². The molecule has 1 amide bonds. The number of benzene rings is 1. The number of hydrogen-bond acceptors (Lipinski definition) is 5. The van der Waals surface area contributed by atoms with Crippen LogP contribution in [0.5, 0.6) is 0 Å². The molecule has 1 saturated heterocycles. The van der Waals surface area contributed by atoms with Crippen LogP contribution in [0.3, 0.4) is 0 Å². The minimum absolute atomic E-state index is 0.220. The number of aryl methyl sites for hydroxylation is 1. The molecular weight excluding hydrogens is 336 g/mol. The summed E-state index contributed by atoms with van der Waals surface area (Å²) >= 11 is 4.98. The van der Waals surface area contributed by atoms with Gasteiger partial charge in [-0.15, -0.1) is 0 Å². The van der Waals surface area contributed by atoms with Gasteiger partial charge in [0.1, 0.15) is 11.5 Å². The lowest BCUT2D eigenvalue weighted by Gasteiger charge is -2.29. The number of morpholine rings is 1. The molecule has 1 aromatic carbocycles. The van der Waals surface area contributed by atoms with Crippen molar-refractivity contribution >= 4 is 45.7 Å². The SMILES string of the molecule is Cc1ccc2nc(N3CCOCC3)c(CC3=NC(=S)NC3=O)cc2c1. The van der Waals surface area contributed by atoms with E-state index in [0.29, 0.717) is 25.3 Å². The Morgan fingerprint density at radius 3 is 2.80 bits per heavy atom. The van der Waals surface area contributed by atoms with Crippen molar-refractivity contribution in [3.05, 3.63) is 35.4 Å². The van der Waals surface area contributed by atoms with Crippen LogP contribution < -0.4 is 10.2 Å². The van der Waals surface area contributed by atoms with E-state index in [2.05, 4.69) is 40.3 Å². The molecule has 0 atom stereocenters. The molecular formula is C18H18N4O2S. The van der Waals surface area contributed by atoms with E-state index in [4.69, 9.17) is 21.9 Å². The van der Waals surface area contributed by atoms with E-state index in [1.54, 1.807) is 0 Å². The summed E-state index contributed by atoms with van der Waals surface area (Å²) in [5.74, 6) is 0.676. The Morgan fingerprint density at radius 2 is 2.08 bits per heavy atom. The molecule has 1 N–H and O–H groups in total. The molecule has 0 unspecified atom stereocenters. The van der Waals surface area contributed by atoms with Gasteiger partial charge < -0.3 is 9.64 Å². The number of pyridine rings is 1. The second-order valence-electron chi connectivity index (χ2n) is 6.26. The fraction of sp³-hybridized carbons (Fsp3) is 0.333. The third-order valence-electron chi connectivity index (χ3n) is 4.41. The van der Waals surface area contributed by atoms with Crippen molar-refractivity contribution in [2.45, 2.75) is 13.3 Å². The summed E-state index contributed by atoms with van der Waals surface area (Å²) in [4.78, 5) is 23.3. The summed E-state index contributed by atoms with van der Waals surface area (Å²) < 4.78 is 5.45. The fourth-order valence-electron chi connectivity index (χ4n) is 3.18. The third kappa shape index (κ3) is 3.25. The largest absolute Gasteiger partial charge is 0.378 e. The molecule has 1 aromatic heterocycles. The minimum atomic E-state index is -0.220. The number of aliphatic imine (C=N–C) groups is 1. The Labute approximate surface area is 150 Å². The van der Waals surface area contributed by atoms with E-state index in [1.165, 1.54) is 5.56 Å². The number of thiocarbonyl (C=S) groups is 1. The molecule has 1 fully saturated rings. The number of anilines is 1. The summed E-state index contributed by atoms with van der Waals surface area (Å²) in [6.45, 7) is 4.99. The number of carbonyl (C=O) groups is 1. The molecule has 3 heterocycles. The quantitative estimate of drug-likeness (QED) is 0.851. The Bertz CT molecular complexity index is 903. The maximum Gasteiger partial charge on any atom is 0.272 e. The van der Waals surface area contributed by atoms with Gasteiger partial charge in [-0.05, 0) is 37.3 Å². The first kappa shape index (κ1) is 16.1. The molecule has 0 spiro atoms. The van der Waals surface area contributed by atoms with Gasteiger partial charge in [-0.2, -0.15) is 0 Å². The van der Waals surface area contributed by atoms with Crippen molar-refractivity contribution in [3.8, 4) is 0 Å². The third-order valence-corrected chi connectivity index (χ3v) is 4.61. The number of hydrogen-bond donors (Lipinski definition) is 1. The number of ether oxygens (including phenoxy) is 1. The second kappa shape index (κ2) is 6.50. The Hall–Kier alpha value is -2.38. The predicted molar refractivity (Wildman–Crippen MR) is 101 cm³/mol. The second-order valence-corrected chi connectivity index (χ2v) is 6.65. The van der Waals surface area contributed by atoms with Crippen molar-refractivity contribution in [2.24, 2.45) is 4.99 Å². The van der Waals surface area contributed by atoms with Gasteiger partial charge in [0.15, 0.2) is 5.11 Å². The number of aromatic nitrogens is 1. The number of rotatable bonds is 3. The molecule has 2 aliphatic heterocycles. The highest BCUT2D eigenvalue weighted by Crippen LogP contribution is 2.26. The summed E-state index contributed by atoms with van der Waals surface area (Å²) in [6.07, 6.45) is 0.412. The highest BCUT2D eigenvalue weighted by atomic mass is 32.1. The van der Waals surface area contributed by atoms with E-state index in [1.807, 2.05) is 6.07 Å². The van der Waals surface area contributed by atoms with Gasteiger partial charge in [0.05, 0.1) is 18.7 Å². The first-order chi connectivity index (χ1) is 12.1. The smallest absolute Gasteiger partial charge is 0.272 e. The van der Waals surface area contributed by atoms with Crippen molar-refractivity contribution < 1.29 is 9.53 Å². The van der Waals surface area contributed by atoms with E-state index in [9.17, 15) is 4.79 Å².